The van der Waals surface area contributed by atoms with Crippen LogP contribution in [0, 0.1) is 13.8 Å². The molecule has 0 aliphatic carbocycles. The number of nitrogens with one attached hydrogen (secondary N) is 2. The Morgan fingerprint density at radius 1 is 0.831 bits per heavy atom. The van der Waals surface area contributed by atoms with E-state index in [1.807, 2.05) is 78.9 Å². The Kier molecular flexibility index (Phi) is 11.4. The van der Waals surface area contributed by atoms with Gasteiger partial charge in [-0.05, 0) is 84.1 Å². The molecule has 0 aliphatic heterocycles. The van der Waals surface area contributed by atoms with Gasteiger partial charge in [-0.25, -0.2) is 15.0 Å². The SMILES string of the molecule is CCn1nc(C)cc1C(=O)Nc1nc2cc(C(N)=O)cc(OCCCNC)c2n1C/C=C/Cn1c2nc(-c3cc(C)nn3CC)ccc2c2nc(C(N)=O)cc(OC)c21. The van der Waals surface area contributed by atoms with Crippen LogP contribution in [0.1, 0.15) is 63.0 Å². The molecule has 0 saturated heterocycles. The van der Waals surface area contributed by atoms with Gasteiger partial charge in [-0.15, -0.1) is 0 Å². The Morgan fingerprint density at radius 2 is 1.56 bits per heavy atom. The minimum atomic E-state index is -0.684. The number of amides is 3. The Morgan fingerprint density at radius 3 is 2.25 bits per heavy atom. The van der Waals surface area contributed by atoms with Gasteiger partial charge < -0.3 is 35.4 Å². The number of carbonyl (C=O) groups is 3. The summed E-state index contributed by atoms with van der Waals surface area (Å²) in [6.07, 6.45) is 4.58. The highest BCUT2D eigenvalue weighted by Gasteiger charge is 2.23. The number of benzene rings is 1. The number of fused-ring (bicyclic) bond motifs is 4. The number of rotatable bonds is 17. The lowest BCUT2D eigenvalue weighted by molar-refractivity contribution is 0.0989. The van der Waals surface area contributed by atoms with E-state index in [-0.39, 0.29) is 23.8 Å². The second kappa shape index (κ2) is 16.8. The van der Waals surface area contributed by atoms with Crippen molar-refractivity contribution < 1.29 is 23.9 Å². The molecule has 7 aromatic rings. The third-order valence-corrected chi connectivity index (χ3v) is 9.87. The molecule has 1 aromatic carbocycles. The highest BCUT2D eigenvalue weighted by Crippen LogP contribution is 2.36. The highest BCUT2D eigenvalue weighted by atomic mass is 16.5. The van der Waals surface area contributed by atoms with Crippen molar-refractivity contribution in [3.63, 3.8) is 0 Å². The summed E-state index contributed by atoms with van der Waals surface area (Å²) in [5, 5.41) is 15.8. The quantitative estimate of drug-likeness (QED) is 0.0747. The highest BCUT2D eigenvalue weighted by molar-refractivity contribution is 6.09. The number of carbonyl (C=O) groups excluding carboxylic acids is 3. The molecule has 0 fully saturated rings. The standard InChI is InChI=1S/C41H47N13O5/c1-7-53-30(18-23(3)49-53)27-13-12-26-34-36(32(58-6)22-29(45-34)38(43)56)51(39(26)46-27)15-9-10-16-52-35-28(20-25(37(42)55)21-33(35)59-17-11-14-44-5)47-41(52)48-40(57)31-19-24(4)50-54(31)8-2/h9-10,12-13,18-22,44H,7-8,11,14-17H2,1-6H3,(H2,42,55)(H2,43,56)(H,47,48,57)/b10-9+. The molecule has 7 rings (SSSR count). The molecule has 6 aromatic heterocycles. The van der Waals surface area contributed by atoms with Crippen molar-refractivity contribution >= 4 is 56.8 Å². The molecule has 306 valence electrons. The van der Waals surface area contributed by atoms with Crippen LogP contribution >= 0.6 is 0 Å². The van der Waals surface area contributed by atoms with Crippen LogP contribution in [0.5, 0.6) is 11.5 Å². The Balaban J connectivity index is 1.33. The molecule has 59 heavy (non-hydrogen) atoms. The van der Waals surface area contributed by atoms with Crippen LogP contribution in [0.4, 0.5) is 5.95 Å². The number of allylic oxidation sites excluding steroid dienone is 2. The van der Waals surface area contributed by atoms with Gasteiger partial charge in [0.15, 0.2) is 0 Å². The van der Waals surface area contributed by atoms with Crippen molar-refractivity contribution in [2.45, 2.75) is 60.3 Å². The van der Waals surface area contributed by atoms with Gasteiger partial charge in [0.05, 0.1) is 42.0 Å². The number of nitrogens with two attached hydrogens (primary N) is 2. The van der Waals surface area contributed by atoms with Crippen molar-refractivity contribution in [2.24, 2.45) is 11.5 Å². The molecular formula is C41H47N13O5. The van der Waals surface area contributed by atoms with E-state index < -0.39 is 17.7 Å². The minimum Gasteiger partial charge on any atom is -0.494 e. The van der Waals surface area contributed by atoms with Crippen LogP contribution in [-0.2, 0) is 26.2 Å². The van der Waals surface area contributed by atoms with Crippen LogP contribution in [0.15, 0.2) is 54.6 Å². The number of ether oxygens (including phenoxy) is 2. The maximum absolute atomic E-state index is 13.8. The first-order chi connectivity index (χ1) is 28.5. The zero-order chi connectivity index (χ0) is 42.0. The fraction of sp³-hybridized carbons (Fsp3) is 0.317. The van der Waals surface area contributed by atoms with Gasteiger partial charge in [-0.1, -0.05) is 12.2 Å². The van der Waals surface area contributed by atoms with Gasteiger partial charge in [0.2, 0.25) is 11.9 Å². The van der Waals surface area contributed by atoms with E-state index >= 15 is 0 Å². The molecule has 6 heterocycles. The van der Waals surface area contributed by atoms with E-state index in [2.05, 4.69) is 25.8 Å². The van der Waals surface area contributed by atoms with Gasteiger partial charge in [0, 0.05) is 43.2 Å². The first-order valence-corrected chi connectivity index (χ1v) is 19.3. The summed E-state index contributed by atoms with van der Waals surface area (Å²) in [6.45, 7) is 10.4. The zero-order valence-corrected chi connectivity index (χ0v) is 33.9. The van der Waals surface area contributed by atoms with E-state index in [4.69, 9.17) is 30.9 Å². The normalized spacial score (nSPS) is 11.7. The molecule has 18 heteroatoms. The molecule has 6 N–H and O–H groups in total. The Bertz CT molecular complexity index is 2770. The molecule has 0 atom stereocenters. The lowest BCUT2D eigenvalue weighted by Crippen LogP contribution is -2.20. The monoisotopic (exact) mass is 801 g/mol. The molecule has 0 saturated carbocycles. The number of anilines is 1. The maximum atomic E-state index is 13.8. The average Bonchev–Trinajstić information content (AvgIpc) is 3.98. The summed E-state index contributed by atoms with van der Waals surface area (Å²) in [6, 6.07) is 12.2. The van der Waals surface area contributed by atoms with E-state index in [0.29, 0.717) is 94.3 Å². The second-order valence-corrected chi connectivity index (χ2v) is 13.9. The number of aromatic nitrogens is 9. The summed E-state index contributed by atoms with van der Waals surface area (Å²) >= 11 is 0. The molecule has 0 bridgehead atoms. The van der Waals surface area contributed by atoms with Crippen LogP contribution in [0.2, 0.25) is 0 Å². The molecule has 0 aliphatic rings. The Labute approximate surface area is 339 Å². The van der Waals surface area contributed by atoms with Gasteiger partial charge >= 0.3 is 0 Å². The summed E-state index contributed by atoms with van der Waals surface area (Å²) in [5.41, 5.74) is 17.9. The fourth-order valence-electron chi connectivity index (χ4n) is 7.18. The van der Waals surface area contributed by atoms with Crippen molar-refractivity contribution in [1.82, 2.24) is 49.0 Å². The summed E-state index contributed by atoms with van der Waals surface area (Å²) in [5.74, 6) is -0.695. The maximum Gasteiger partial charge on any atom is 0.276 e. The topological polar surface area (TPSA) is 230 Å². The first-order valence-electron chi connectivity index (χ1n) is 19.3. The van der Waals surface area contributed by atoms with E-state index in [1.54, 1.807) is 22.9 Å². The molecule has 0 spiro atoms. The zero-order valence-electron chi connectivity index (χ0n) is 33.9. The van der Waals surface area contributed by atoms with Gasteiger partial charge in [-0.2, -0.15) is 10.2 Å². The van der Waals surface area contributed by atoms with Crippen molar-refractivity contribution in [2.75, 3.05) is 32.6 Å². The predicted molar refractivity (Wildman–Crippen MR) is 224 cm³/mol. The largest absolute Gasteiger partial charge is 0.494 e. The number of primary amides is 2. The fourth-order valence-corrected chi connectivity index (χ4v) is 7.18. The number of aryl methyl sites for hydroxylation is 4. The lowest BCUT2D eigenvalue weighted by atomic mass is 10.1. The molecule has 18 nitrogen and oxygen atoms in total. The van der Waals surface area contributed by atoms with Gasteiger partial charge in [-0.3, -0.25) is 29.1 Å². The smallest absolute Gasteiger partial charge is 0.276 e. The van der Waals surface area contributed by atoms with Crippen LogP contribution in [-0.4, -0.2) is 88.7 Å². The van der Waals surface area contributed by atoms with E-state index in [9.17, 15) is 14.4 Å². The summed E-state index contributed by atoms with van der Waals surface area (Å²) < 4.78 is 19.4. The molecule has 0 radical (unpaired) electrons. The first kappa shape index (κ1) is 40.1. The van der Waals surface area contributed by atoms with Crippen LogP contribution < -0.4 is 31.6 Å². The number of hydrogen-bond acceptors (Lipinski definition) is 11. The van der Waals surface area contributed by atoms with Crippen molar-refractivity contribution in [1.29, 1.82) is 0 Å². The van der Waals surface area contributed by atoms with Gasteiger partial charge in [0.1, 0.15) is 45.1 Å². The van der Waals surface area contributed by atoms with Crippen LogP contribution in [0.25, 0.3) is 44.5 Å². The van der Waals surface area contributed by atoms with Crippen molar-refractivity contribution in [3.8, 4) is 22.9 Å². The minimum absolute atomic E-state index is 0.0647. The number of nitrogens with zero attached hydrogens (tertiary/aromatic N) is 9. The van der Waals surface area contributed by atoms with Crippen LogP contribution in [0.3, 0.4) is 0 Å². The lowest BCUT2D eigenvalue weighted by Gasteiger charge is -2.13. The summed E-state index contributed by atoms with van der Waals surface area (Å²) in [4.78, 5) is 53.1. The Hall–Kier alpha value is -7.08. The van der Waals surface area contributed by atoms with E-state index in [0.717, 1.165) is 17.9 Å². The second-order valence-electron chi connectivity index (χ2n) is 13.9. The number of pyridine rings is 2. The van der Waals surface area contributed by atoms with Gasteiger partial charge in [0.25, 0.3) is 11.8 Å². The van der Waals surface area contributed by atoms with E-state index in [1.165, 1.54) is 13.2 Å². The summed E-state index contributed by atoms with van der Waals surface area (Å²) in [7, 11) is 3.38. The molecule has 0 unspecified atom stereocenters. The third kappa shape index (κ3) is 7.81. The number of methoxy groups -OCH3 is 1. The number of imidazole rings is 1. The third-order valence-electron chi connectivity index (χ3n) is 9.87. The predicted octanol–water partition coefficient (Wildman–Crippen LogP) is 4.35. The van der Waals surface area contributed by atoms with Crippen molar-refractivity contribution in [3.05, 3.63) is 83.0 Å². The average molecular weight is 802 g/mol. The number of hydrogen-bond donors (Lipinski definition) is 4. The molecular weight excluding hydrogens is 755 g/mol. The molecule has 3 amide bonds.